The van der Waals surface area contributed by atoms with E-state index >= 15 is 0 Å². The maximum atomic E-state index is 11.2. The van der Waals surface area contributed by atoms with Crippen LogP contribution >= 0.6 is 0 Å². The third kappa shape index (κ3) is 5.69. The molecule has 1 aromatic carbocycles. The molecule has 0 aromatic heterocycles. The van der Waals surface area contributed by atoms with Crippen LogP contribution in [-0.4, -0.2) is 25.7 Å². The predicted octanol–water partition coefficient (Wildman–Crippen LogP) is 2.76. The lowest BCUT2D eigenvalue weighted by Gasteiger charge is -2.05. The molecule has 0 aliphatic rings. The number of rotatable bonds is 7. The topological polar surface area (TPSA) is 52.6 Å². The first kappa shape index (κ1) is 16.0. The normalized spacial score (nSPS) is 10.5. The van der Waals surface area contributed by atoms with E-state index in [-0.39, 0.29) is 18.4 Å². The maximum absolute atomic E-state index is 11.2. The molecule has 0 saturated heterocycles. The Labute approximate surface area is 119 Å². The highest BCUT2D eigenvalue weighted by Crippen LogP contribution is 2.13. The van der Waals surface area contributed by atoms with Crippen molar-refractivity contribution >= 4 is 18.0 Å². The molecule has 0 spiro atoms. The van der Waals surface area contributed by atoms with Crippen molar-refractivity contribution in [2.45, 2.75) is 26.2 Å². The summed E-state index contributed by atoms with van der Waals surface area (Å²) < 4.78 is 9.49. The van der Waals surface area contributed by atoms with Crippen molar-refractivity contribution in [2.24, 2.45) is 0 Å². The van der Waals surface area contributed by atoms with Crippen molar-refractivity contribution in [2.75, 3.05) is 13.7 Å². The third-order valence-electron chi connectivity index (χ3n) is 2.77. The standard InChI is InChI=1S/C16H20O4/c1-3-20-16(18)10-6-9-13-7-4-5-8-14(13)11-12-15(17)19-2/h4-9H,3,10-12H2,1-2H3. The van der Waals surface area contributed by atoms with E-state index < -0.39 is 0 Å². The highest BCUT2D eigenvalue weighted by atomic mass is 16.5. The molecule has 1 rings (SSSR count). The van der Waals surface area contributed by atoms with Crippen LogP contribution in [0.4, 0.5) is 0 Å². The van der Waals surface area contributed by atoms with Gasteiger partial charge in [-0.15, -0.1) is 0 Å². The maximum Gasteiger partial charge on any atom is 0.309 e. The van der Waals surface area contributed by atoms with Gasteiger partial charge >= 0.3 is 11.9 Å². The summed E-state index contributed by atoms with van der Waals surface area (Å²) in [5.74, 6) is -0.467. The number of aryl methyl sites for hydroxylation is 1. The van der Waals surface area contributed by atoms with Gasteiger partial charge in [0.2, 0.25) is 0 Å². The van der Waals surface area contributed by atoms with Crippen molar-refractivity contribution in [3.05, 3.63) is 41.5 Å². The van der Waals surface area contributed by atoms with Crippen LogP contribution in [0.3, 0.4) is 0 Å². The van der Waals surface area contributed by atoms with Crippen molar-refractivity contribution in [1.82, 2.24) is 0 Å². The molecule has 0 amide bonds. The summed E-state index contributed by atoms with van der Waals surface area (Å²) in [6, 6.07) is 7.77. The van der Waals surface area contributed by atoms with Gasteiger partial charge in [0.15, 0.2) is 0 Å². The minimum absolute atomic E-state index is 0.227. The van der Waals surface area contributed by atoms with E-state index in [2.05, 4.69) is 4.74 Å². The Hall–Kier alpha value is -2.10. The predicted molar refractivity (Wildman–Crippen MR) is 77.1 cm³/mol. The zero-order valence-electron chi connectivity index (χ0n) is 11.9. The molecule has 0 fully saturated rings. The lowest BCUT2D eigenvalue weighted by molar-refractivity contribution is -0.142. The molecule has 0 bridgehead atoms. The molecule has 0 N–H and O–H groups in total. The Morgan fingerprint density at radius 2 is 1.95 bits per heavy atom. The molecule has 0 heterocycles. The number of carbonyl (C=O) groups is 2. The number of hydrogen-bond acceptors (Lipinski definition) is 4. The highest BCUT2D eigenvalue weighted by Gasteiger charge is 2.04. The largest absolute Gasteiger partial charge is 0.469 e. The smallest absolute Gasteiger partial charge is 0.309 e. The van der Waals surface area contributed by atoms with E-state index in [9.17, 15) is 9.59 Å². The van der Waals surface area contributed by atoms with Crippen LogP contribution in [0, 0.1) is 0 Å². The number of ether oxygens (including phenoxy) is 2. The summed E-state index contributed by atoms with van der Waals surface area (Å²) in [6.07, 6.45) is 4.86. The van der Waals surface area contributed by atoms with Crippen molar-refractivity contribution < 1.29 is 19.1 Å². The zero-order valence-corrected chi connectivity index (χ0v) is 11.9. The molecular weight excluding hydrogens is 256 g/mol. The van der Waals surface area contributed by atoms with Gasteiger partial charge in [-0.25, -0.2) is 0 Å². The average molecular weight is 276 g/mol. The molecule has 1 aromatic rings. The second-order valence-electron chi connectivity index (χ2n) is 4.19. The molecule has 0 radical (unpaired) electrons. The SMILES string of the molecule is CCOC(=O)CC=Cc1ccccc1CCC(=O)OC. The van der Waals surface area contributed by atoms with Gasteiger partial charge in [-0.1, -0.05) is 36.4 Å². The number of esters is 2. The number of methoxy groups -OCH3 is 1. The Bertz CT molecular complexity index is 477. The highest BCUT2D eigenvalue weighted by molar-refractivity contribution is 5.73. The summed E-state index contributed by atoms with van der Waals surface area (Å²) in [4.78, 5) is 22.4. The van der Waals surface area contributed by atoms with Crippen molar-refractivity contribution in [3.8, 4) is 0 Å². The summed E-state index contributed by atoms with van der Waals surface area (Å²) in [7, 11) is 1.38. The fourth-order valence-electron chi connectivity index (χ4n) is 1.77. The third-order valence-corrected chi connectivity index (χ3v) is 2.77. The quantitative estimate of drug-likeness (QED) is 0.719. The lowest BCUT2D eigenvalue weighted by atomic mass is 10.0. The number of benzene rings is 1. The number of carbonyl (C=O) groups excluding carboxylic acids is 2. The van der Waals surface area contributed by atoms with Crippen LogP contribution in [-0.2, 0) is 25.5 Å². The molecule has 20 heavy (non-hydrogen) atoms. The molecule has 4 nitrogen and oxygen atoms in total. The first-order valence-electron chi connectivity index (χ1n) is 6.64. The van der Waals surface area contributed by atoms with Crippen LogP contribution in [0.5, 0.6) is 0 Å². The number of hydrogen-bond donors (Lipinski definition) is 0. The van der Waals surface area contributed by atoms with Gasteiger partial charge in [-0.05, 0) is 24.5 Å². The van der Waals surface area contributed by atoms with E-state index in [1.165, 1.54) is 7.11 Å². The summed E-state index contributed by atoms with van der Waals surface area (Å²) in [5.41, 5.74) is 2.05. The first-order valence-corrected chi connectivity index (χ1v) is 6.64. The second kappa shape index (κ2) is 8.91. The van der Waals surface area contributed by atoms with Crippen LogP contribution in [0.15, 0.2) is 30.3 Å². The fraction of sp³-hybridized carbons (Fsp3) is 0.375. The fourth-order valence-corrected chi connectivity index (χ4v) is 1.77. The Kier molecular flexibility index (Phi) is 7.11. The zero-order chi connectivity index (χ0) is 14.8. The van der Waals surface area contributed by atoms with E-state index in [1.54, 1.807) is 13.0 Å². The van der Waals surface area contributed by atoms with Crippen molar-refractivity contribution in [3.63, 3.8) is 0 Å². The van der Waals surface area contributed by atoms with Crippen LogP contribution in [0.1, 0.15) is 30.9 Å². The van der Waals surface area contributed by atoms with Crippen molar-refractivity contribution in [1.29, 1.82) is 0 Å². The lowest BCUT2D eigenvalue weighted by Crippen LogP contribution is -2.03. The molecular formula is C16H20O4. The van der Waals surface area contributed by atoms with Crippen LogP contribution in [0.25, 0.3) is 6.08 Å². The Morgan fingerprint density at radius 1 is 1.20 bits per heavy atom. The second-order valence-corrected chi connectivity index (χ2v) is 4.19. The summed E-state index contributed by atoms with van der Waals surface area (Å²) in [6.45, 7) is 2.17. The molecule has 0 aliphatic carbocycles. The van der Waals surface area contributed by atoms with Crippen LogP contribution in [0.2, 0.25) is 0 Å². The Balaban J connectivity index is 2.63. The molecule has 0 unspecified atom stereocenters. The average Bonchev–Trinajstić information content (AvgIpc) is 2.46. The minimum Gasteiger partial charge on any atom is -0.469 e. The van der Waals surface area contributed by atoms with Gasteiger partial charge < -0.3 is 9.47 Å². The molecule has 0 aliphatic heterocycles. The summed E-state index contributed by atoms with van der Waals surface area (Å²) in [5, 5.41) is 0. The van der Waals surface area contributed by atoms with Gasteiger partial charge in [-0.3, -0.25) is 9.59 Å². The molecule has 0 atom stereocenters. The Morgan fingerprint density at radius 3 is 2.65 bits per heavy atom. The minimum atomic E-state index is -0.240. The van der Waals surface area contributed by atoms with Gasteiger partial charge in [0, 0.05) is 6.42 Å². The van der Waals surface area contributed by atoms with Gasteiger partial charge in [0.25, 0.3) is 0 Å². The van der Waals surface area contributed by atoms with Crippen LogP contribution < -0.4 is 0 Å². The first-order chi connectivity index (χ1) is 9.67. The van der Waals surface area contributed by atoms with Gasteiger partial charge in [0.1, 0.15) is 0 Å². The van der Waals surface area contributed by atoms with Gasteiger partial charge in [0.05, 0.1) is 20.1 Å². The summed E-state index contributed by atoms with van der Waals surface area (Å²) >= 11 is 0. The van der Waals surface area contributed by atoms with Gasteiger partial charge in [-0.2, -0.15) is 0 Å². The monoisotopic (exact) mass is 276 g/mol. The molecule has 108 valence electrons. The van der Waals surface area contributed by atoms with E-state index in [1.807, 2.05) is 30.3 Å². The van der Waals surface area contributed by atoms with E-state index in [0.717, 1.165) is 11.1 Å². The van der Waals surface area contributed by atoms with E-state index in [0.29, 0.717) is 19.4 Å². The molecule has 4 heteroatoms. The van der Waals surface area contributed by atoms with E-state index in [4.69, 9.17) is 4.74 Å². The molecule has 0 saturated carbocycles.